The quantitative estimate of drug-likeness (QED) is 0.849. The molecule has 4 rings (SSSR count). The summed E-state index contributed by atoms with van der Waals surface area (Å²) in [5, 5.41) is 7.65. The fraction of sp³-hybridized carbons (Fsp3) is 0.524. The molecule has 1 fully saturated rings. The first kappa shape index (κ1) is 18.2. The zero-order valence-electron chi connectivity index (χ0n) is 15.6. The van der Waals surface area contributed by atoms with Crippen molar-refractivity contribution in [1.29, 1.82) is 0 Å². The van der Waals surface area contributed by atoms with Crippen LogP contribution in [0.15, 0.2) is 24.3 Å². The van der Waals surface area contributed by atoms with Crippen LogP contribution in [0.25, 0.3) is 5.69 Å². The van der Waals surface area contributed by atoms with Crippen molar-refractivity contribution in [3.63, 3.8) is 0 Å². The molecule has 6 heteroatoms. The molecule has 2 aromatic rings. The number of hydrogen-bond donors (Lipinski definition) is 2. The maximum absolute atomic E-state index is 14.3. The summed E-state index contributed by atoms with van der Waals surface area (Å²) in [5.74, 6) is -0.0673. The van der Waals surface area contributed by atoms with Gasteiger partial charge in [-0.05, 0) is 50.2 Å². The van der Waals surface area contributed by atoms with Crippen LogP contribution in [0.2, 0.25) is 0 Å². The van der Waals surface area contributed by atoms with Crippen LogP contribution in [0.4, 0.5) is 4.39 Å². The van der Waals surface area contributed by atoms with Crippen LogP contribution >= 0.6 is 0 Å². The predicted octanol–water partition coefficient (Wildman–Crippen LogP) is 3.14. The monoisotopic (exact) mass is 370 g/mol. The summed E-state index contributed by atoms with van der Waals surface area (Å²) in [6.45, 7) is 0.437. The number of benzene rings is 1. The lowest BCUT2D eigenvalue weighted by Crippen LogP contribution is -2.46. The number of nitrogens with one attached hydrogen (secondary N) is 1. The highest BCUT2D eigenvalue weighted by Crippen LogP contribution is 2.30. The fourth-order valence-electron chi connectivity index (χ4n) is 4.59. The Morgan fingerprint density at radius 3 is 2.74 bits per heavy atom. The number of carbonyl (C=O) groups is 1. The molecule has 1 amide bonds. The van der Waals surface area contributed by atoms with E-state index in [9.17, 15) is 9.18 Å². The van der Waals surface area contributed by atoms with Crippen LogP contribution in [0.5, 0.6) is 0 Å². The number of rotatable bonds is 5. The van der Waals surface area contributed by atoms with Gasteiger partial charge in [-0.3, -0.25) is 4.79 Å². The summed E-state index contributed by atoms with van der Waals surface area (Å²) in [7, 11) is 0. The van der Waals surface area contributed by atoms with Crippen molar-refractivity contribution in [2.75, 3.05) is 6.54 Å². The lowest BCUT2D eigenvalue weighted by atomic mass is 9.84. The average molecular weight is 370 g/mol. The van der Waals surface area contributed by atoms with Gasteiger partial charge in [0.15, 0.2) is 5.69 Å². The molecule has 0 radical (unpaired) electrons. The maximum atomic E-state index is 14.3. The maximum Gasteiger partial charge on any atom is 0.272 e. The van der Waals surface area contributed by atoms with Crippen molar-refractivity contribution in [3.8, 4) is 5.69 Å². The van der Waals surface area contributed by atoms with Gasteiger partial charge in [0.1, 0.15) is 11.5 Å². The molecule has 1 saturated carbocycles. The zero-order chi connectivity index (χ0) is 18.8. The first-order valence-corrected chi connectivity index (χ1v) is 10.1. The number of halogens is 1. The number of hydrogen-bond acceptors (Lipinski definition) is 3. The minimum atomic E-state index is -0.330. The molecular formula is C21H27FN4O. The van der Waals surface area contributed by atoms with Crippen LogP contribution in [-0.2, 0) is 12.8 Å². The second-order valence-corrected chi connectivity index (χ2v) is 7.70. The van der Waals surface area contributed by atoms with E-state index in [2.05, 4.69) is 10.4 Å². The predicted molar refractivity (Wildman–Crippen MR) is 102 cm³/mol. The molecule has 0 bridgehead atoms. The van der Waals surface area contributed by atoms with Crippen molar-refractivity contribution >= 4 is 5.91 Å². The number of aromatic nitrogens is 2. The van der Waals surface area contributed by atoms with Crippen LogP contribution in [0.3, 0.4) is 0 Å². The van der Waals surface area contributed by atoms with E-state index in [0.717, 1.165) is 43.4 Å². The smallest absolute Gasteiger partial charge is 0.272 e. The van der Waals surface area contributed by atoms with E-state index in [0.29, 0.717) is 23.8 Å². The van der Waals surface area contributed by atoms with Crippen molar-refractivity contribution in [3.05, 3.63) is 47.0 Å². The molecule has 0 spiro atoms. The fourth-order valence-corrected chi connectivity index (χ4v) is 4.59. The largest absolute Gasteiger partial charge is 0.346 e. The first-order chi connectivity index (χ1) is 13.2. The number of fused-ring (bicyclic) bond motifs is 1. The Balaban J connectivity index is 1.61. The van der Waals surface area contributed by atoms with Gasteiger partial charge in [0, 0.05) is 23.8 Å². The Hall–Kier alpha value is -2.21. The van der Waals surface area contributed by atoms with Gasteiger partial charge in [0.2, 0.25) is 0 Å². The average Bonchev–Trinajstić information content (AvgIpc) is 3.30. The van der Waals surface area contributed by atoms with E-state index in [-0.39, 0.29) is 17.8 Å². The molecule has 1 aromatic heterocycles. The zero-order valence-corrected chi connectivity index (χ0v) is 15.6. The molecule has 27 heavy (non-hydrogen) atoms. The highest BCUT2D eigenvalue weighted by Gasteiger charge is 2.30. The number of para-hydroxylation sites is 1. The number of nitrogens with two attached hydrogens (primary N) is 1. The molecule has 0 aliphatic heterocycles. The van der Waals surface area contributed by atoms with Crippen molar-refractivity contribution in [2.45, 2.75) is 57.4 Å². The minimum Gasteiger partial charge on any atom is -0.346 e. The highest BCUT2D eigenvalue weighted by molar-refractivity contribution is 5.94. The Kier molecular flexibility index (Phi) is 5.25. The second-order valence-electron chi connectivity index (χ2n) is 7.70. The molecule has 3 N–H and O–H groups in total. The molecule has 0 saturated heterocycles. The normalized spacial score (nSPS) is 18.3. The van der Waals surface area contributed by atoms with Crippen molar-refractivity contribution < 1.29 is 9.18 Å². The summed E-state index contributed by atoms with van der Waals surface area (Å²) in [6, 6.07) is 6.55. The molecule has 2 aliphatic carbocycles. The van der Waals surface area contributed by atoms with E-state index in [1.165, 1.54) is 25.3 Å². The van der Waals surface area contributed by atoms with Crippen LogP contribution < -0.4 is 11.1 Å². The van der Waals surface area contributed by atoms with Crippen molar-refractivity contribution in [2.24, 2.45) is 11.7 Å². The molecule has 1 heterocycles. The summed E-state index contributed by atoms with van der Waals surface area (Å²) >= 11 is 0. The Morgan fingerprint density at radius 2 is 2.00 bits per heavy atom. The molecule has 1 aromatic carbocycles. The third-order valence-corrected chi connectivity index (χ3v) is 6.02. The van der Waals surface area contributed by atoms with E-state index in [1.54, 1.807) is 22.9 Å². The molecular weight excluding hydrogens is 343 g/mol. The Bertz CT molecular complexity index is 826. The number of carbonyl (C=O) groups excluding carboxylic acids is 1. The van der Waals surface area contributed by atoms with E-state index in [4.69, 9.17) is 5.73 Å². The minimum absolute atomic E-state index is 0.0199. The number of nitrogens with zero attached hydrogens (tertiary/aromatic N) is 2. The number of amides is 1. The van der Waals surface area contributed by atoms with Crippen LogP contribution in [-0.4, -0.2) is 28.3 Å². The third-order valence-electron chi connectivity index (χ3n) is 6.02. The standard InChI is InChI=1S/C21H27FN4O/c22-16-10-4-5-11-19(16)26-18-12-6-9-15(18)20(25-26)21(27)24-17(13-23)14-7-2-1-3-8-14/h4-5,10-11,14,17H,1-3,6-9,12-13,23H2,(H,24,27). The molecule has 144 valence electrons. The van der Waals surface area contributed by atoms with Gasteiger partial charge in [-0.25, -0.2) is 9.07 Å². The van der Waals surface area contributed by atoms with Gasteiger partial charge in [-0.1, -0.05) is 31.4 Å². The van der Waals surface area contributed by atoms with Crippen LogP contribution in [0.1, 0.15) is 60.3 Å². The van der Waals surface area contributed by atoms with Gasteiger partial charge in [-0.2, -0.15) is 5.10 Å². The van der Waals surface area contributed by atoms with Gasteiger partial charge in [-0.15, -0.1) is 0 Å². The molecule has 1 unspecified atom stereocenters. The summed E-state index contributed by atoms with van der Waals surface area (Å²) in [4.78, 5) is 13.0. The van der Waals surface area contributed by atoms with Gasteiger partial charge in [0.25, 0.3) is 5.91 Å². The van der Waals surface area contributed by atoms with Gasteiger partial charge >= 0.3 is 0 Å². The molecule has 5 nitrogen and oxygen atoms in total. The third kappa shape index (κ3) is 3.50. The Labute approximate surface area is 159 Å². The topological polar surface area (TPSA) is 72.9 Å². The van der Waals surface area contributed by atoms with Gasteiger partial charge < -0.3 is 11.1 Å². The lowest BCUT2D eigenvalue weighted by Gasteiger charge is -2.29. The molecule has 1 atom stereocenters. The van der Waals surface area contributed by atoms with Gasteiger partial charge in [0.05, 0.1) is 0 Å². The highest BCUT2D eigenvalue weighted by atomic mass is 19.1. The SMILES string of the molecule is NCC(NC(=O)c1nn(-c2ccccc2F)c2c1CCC2)C1CCCCC1. The van der Waals surface area contributed by atoms with Crippen LogP contribution in [0, 0.1) is 11.7 Å². The van der Waals surface area contributed by atoms with Crippen molar-refractivity contribution in [1.82, 2.24) is 15.1 Å². The first-order valence-electron chi connectivity index (χ1n) is 10.1. The van der Waals surface area contributed by atoms with E-state index >= 15 is 0 Å². The lowest BCUT2D eigenvalue weighted by molar-refractivity contribution is 0.0909. The summed E-state index contributed by atoms with van der Waals surface area (Å²) < 4.78 is 15.9. The van der Waals surface area contributed by atoms with E-state index in [1.807, 2.05) is 0 Å². The summed E-state index contributed by atoms with van der Waals surface area (Å²) in [6.07, 6.45) is 8.49. The second kappa shape index (κ2) is 7.80. The summed E-state index contributed by atoms with van der Waals surface area (Å²) in [5.41, 5.74) is 8.70. The van der Waals surface area contributed by atoms with E-state index < -0.39 is 0 Å². The molecule has 2 aliphatic rings. The Morgan fingerprint density at radius 1 is 1.22 bits per heavy atom.